The summed E-state index contributed by atoms with van der Waals surface area (Å²) in [7, 11) is 2.08. The molecule has 3 heterocycles. The summed E-state index contributed by atoms with van der Waals surface area (Å²) in [6, 6.07) is 6.06. The number of ether oxygens (including phenoxy) is 3. The molecule has 26 heavy (non-hydrogen) atoms. The van der Waals surface area contributed by atoms with Gasteiger partial charge in [0.2, 0.25) is 12.7 Å². The fourth-order valence-corrected chi connectivity index (χ4v) is 3.26. The minimum atomic E-state index is 0.283. The third-order valence-electron chi connectivity index (χ3n) is 4.56. The largest absolute Gasteiger partial charge is 0.454 e. The van der Waals surface area contributed by atoms with Crippen LogP contribution in [-0.2, 0) is 17.8 Å². The number of anilines is 1. The predicted octanol–water partition coefficient (Wildman–Crippen LogP) is 2.43. The van der Waals surface area contributed by atoms with E-state index >= 15 is 0 Å². The molecule has 7 heteroatoms. The van der Waals surface area contributed by atoms with E-state index in [9.17, 15) is 0 Å². The highest BCUT2D eigenvalue weighted by Crippen LogP contribution is 2.32. The van der Waals surface area contributed by atoms with Gasteiger partial charge in [-0.05, 0) is 37.6 Å². The fourth-order valence-electron chi connectivity index (χ4n) is 3.26. The van der Waals surface area contributed by atoms with Gasteiger partial charge in [0, 0.05) is 44.2 Å². The lowest BCUT2D eigenvalue weighted by molar-refractivity contribution is 0.120. The molecule has 4 rings (SSSR count). The first-order valence-electron chi connectivity index (χ1n) is 9.00. The number of benzene rings is 1. The van der Waals surface area contributed by atoms with E-state index in [1.165, 1.54) is 5.56 Å². The van der Waals surface area contributed by atoms with E-state index < -0.39 is 0 Å². The van der Waals surface area contributed by atoms with Crippen LogP contribution < -0.4 is 14.8 Å². The maximum absolute atomic E-state index is 5.59. The molecular weight excluding hydrogens is 332 g/mol. The second-order valence-electron chi connectivity index (χ2n) is 6.79. The maximum Gasteiger partial charge on any atom is 0.231 e. The summed E-state index contributed by atoms with van der Waals surface area (Å²) in [5.41, 5.74) is 2.27. The molecule has 0 bridgehead atoms. The summed E-state index contributed by atoms with van der Waals surface area (Å²) in [5, 5.41) is 3.24. The Kier molecular flexibility index (Phi) is 5.17. The zero-order valence-corrected chi connectivity index (χ0v) is 15.0. The lowest BCUT2D eigenvalue weighted by Crippen LogP contribution is -2.20. The van der Waals surface area contributed by atoms with Gasteiger partial charge in [-0.1, -0.05) is 6.07 Å². The van der Waals surface area contributed by atoms with Crippen molar-refractivity contribution >= 4 is 5.95 Å². The van der Waals surface area contributed by atoms with Gasteiger partial charge >= 0.3 is 0 Å². The van der Waals surface area contributed by atoms with Crippen molar-refractivity contribution in [3.63, 3.8) is 0 Å². The van der Waals surface area contributed by atoms with Crippen molar-refractivity contribution in [2.24, 2.45) is 0 Å². The fraction of sp³-hybridized carbons (Fsp3) is 0.474. The van der Waals surface area contributed by atoms with E-state index in [4.69, 9.17) is 14.2 Å². The lowest BCUT2D eigenvalue weighted by Gasteiger charge is -2.17. The van der Waals surface area contributed by atoms with Gasteiger partial charge in [0.25, 0.3) is 0 Å². The Morgan fingerprint density at radius 3 is 2.73 bits per heavy atom. The van der Waals surface area contributed by atoms with E-state index in [-0.39, 0.29) is 6.10 Å². The van der Waals surface area contributed by atoms with Crippen LogP contribution in [0.2, 0.25) is 0 Å². The third-order valence-corrected chi connectivity index (χ3v) is 4.56. The molecule has 1 aromatic carbocycles. The molecule has 2 aromatic rings. The summed E-state index contributed by atoms with van der Waals surface area (Å²) >= 11 is 0. The van der Waals surface area contributed by atoms with Gasteiger partial charge in [0.1, 0.15) is 0 Å². The zero-order chi connectivity index (χ0) is 17.8. The highest BCUT2D eigenvalue weighted by atomic mass is 16.7. The summed E-state index contributed by atoms with van der Waals surface area (Å²) in [5.74, 6) is 2.29. The summed E-state index contributed by atoms with van der Waals surface area (Å²) in [4.78, 5) is 11.0. The Morgan fingerprint density at radius 1 is 1.12 bits per heavy atom. The Morgan fingerprint density at radius 2 is 1.92 bits per heavy atom. The first-order chi connectivity index (χ1) is 12.8. The van der Waals surface area contributed by atoms with Crippen LogP contribution in [0.5, 0.6) is 11.5 Å². The average Bonchev–Trinajstić information content (AvgIpc) is 3.32. The topological polar surface area (TPSA) is 68.7 Å². The molecule has 0 saturated carbocycles. The second kappa shape index (κ2) is 7.88. The number of hydrogen-bond donors (Lipinski definition) is 1. The van der Waals surface area contributed by atoms with E-state index in [0.717, 1.165) is 56.1 Å². The molecule has 1 aromatic heterocycles. The van der Waals surface area contributed by atoms with Gasteiger partial charge < -0.3 is 19.5 Å². The Balaban J connectivity index is 1.27. The van der Waals surface area contributed by atoms with E-state index in [1.807, 2.05) is 24.5 Å². The molecule has 1 fully saturated rings. The van der Waals surface area contributed by atoms with Crippen molar-refractivity contribution < 1.29 is 14.2 Å². The normalized spacial score (nSPS) is 18.5. The van der Waals surface area contributed by atoms with E-state index in [0.29, 0.717) is 12.7 Å². The summed E-state index contributed by atoms with van der Waals surface area (Å²) < 4.78 is 16.4. The molecule has 0 amide bonds. The summed E-state index contributed by atoms with van der Waals surface area (Å²) in [6.07, 6.45) is 6.28. The number of rotatable bonds is 7. The highest BCUT2D eigenvalue weighted by molar-refractivity contribution is 5.44. The van der Waals surface area contributed by atoms with Crippen LogP contribution in [0, 0.1) is 0 Å². The SMILES string of the molecule is CN(Cc1cnc(NCC2CCCO2)nc1)Cc1ccc2c(c1)OCO2. The summed E-state index contributed by atoms with van der Waals surface area (Å²) in [6.45, 7) is 3.53. The molecule has 1 N–H and O–H groups in total. The molecule has 0 spiro atoms. The van der Waals surface area contributed by atoms with Crippen molar-refractivity contribution in [1.82, 2.24) is 14.9 Å². The van der Waals surface area contributed by atoms with E-state index in [2.05, 4.69) is 33.3 Å². The molecular formula is C19H24N4O3. The van der Waals surface area contributed by atoms with Crippen molar-refractivity contribution in [2.45, 2.75) is 32.0 Å². The number of nitrogens with zero attached hydrogens (tertiary/aromatic N) is 3. The molecule has 1 unspecified atom stereocenters. The number of hydrogen-bond acceptors (Lipinski definition) is 7. The molecule has 2 aliphatic rings. The molecule has 138 valence electrons. The van der Waals surface area contributed by atoms with E-state index in [1.54, 1.807) is 0 Å². The molecule has 0 radical (unpaired) electrons. The van der Waals surface area contributed by atoms with Gasteiger partial charge in [0.05, 0.1) is 6.10 Å². The van der Waals surface area contributed by atoms with Gasteiger partial charge in [-0.15, -0.1) is 0 Å². The number of nitrogens with one attached hydrogen (secondary N) is 1. The van der Waals surface area contributed by atoms with Crippen LogP contribution >= 0.6 is 0 Å². The standard InChI is InChI=1S/C19H24N4O3/c1-23(11-14-4-5-17-18(7-14)26-13-25-17)12-15-8-20-19(21-9-15)22-10-16-3-2-6-24-16/h4-5,7-9,16H,2-3,6,10-13H2,1H3,(H,20,21,22). The lowest BCUT2D eigenvalue weighted by atomic mass is 10.2. The van der Waals surface area contributed by atoms with Crippen LogP contribution in [-0.4, -0.2) is 48.0 Å². The van der Waals surface area contributed by atoms with Gasteiger partial charge in [-0.3, -0.25) is 4.90 Å². The molecule has 0 aliphatic carbocycles. The quantitative estimate of drug-likeness (QED) is 0.817. The number of fused-ring (bicyclic) bond motifs is 1. The predicted molar refractivity (Wildman–Crippen MR) is 97.2 cm³/mol. The van der Waals surface area contributed by atoms with Crippen LogP contribution in [0.15, 0.2) is 30.6 Å². The third kappa shape index (κ3) is 4.23. The molecule has 1 atom stereocenters. The monoisotopic (exact) mass is 356 g/mol. The van der Waals surface area contributed by atoms with Crippen molar-refractivity contribution in [1.29, 1.82) is 0 Å². The molecule has 2 aliphatic heterocycles. The second-order valence-corrected chi connectivity index (χ2v) is 6.79. The average molecular weight is 356 g/mol. The smallest absolute Gasteiger partial charge is 0.231 e. The van der Waals surface area contributed by atoms with Crippen molar-refractivity contribution in [3.05, 3.63) is 41.7 Å². The van der Waals surface area contributed by atoms with Crippen molar-refractivity contribution in [3.8, 4) is 11.5 Å². The molecule has 7 nitrogen and oxygen atoms in total. The van der Waals surface area contributed by atoms with Crippen LogP contribution in [0.4, 0.5) is 5.95 Å². The Bertz CT molecular complexity index is 732. The maximum atomic E-state index is 5.59. The number of aromatic nitrogens is 2. The van der Waals surface area contributed by atoms with Crippen LogP contribution in [0.25, 0.3) is 0 Å². The molecule has 1 saturated heterocycles. The minimum Gasteiger partial charge on any atom is -0.454 e. The highest BCUT2D eigenvalue weighted by Gasteiger charge is 2.16. The van der Waals surface area contributed by atoms with Crippen LogP contribution in [0.1, 0.15) is 24.0 Å². The van der Waals surface area contributed by atoms with Gasteiger partial charge in [-0.2, -0.15) is 0 Å². The van der Waals surface area contributed by atoms with Gasteiger partial charge in [-0.25, -0.2) is 9.97 Å². The first kappa shape index (κ1) is 17.1. The van der Waals surface area contributed by atoms with Crippen molar-refractivity contribution in [2.75, 3.05) is 32.3 Å². The van der Waals surface area contributed by atoms with Gasteiger partial charge in [0.15, 0.2) is 11.5 Å². The van der Waals surface area contributed by atoms with Crippen LogP contribution in [0.3, 0.4) is 0 Å². The Labute approximate surface area is 153 Å². The zero-order valence-electron chi connectivity index (χ0n) is 15.0. The minimum absolute atomic E-state index is 0.283. The first-order valence-corrected chi connectivity index (χ1v) is 9.00. The Hall–Kier alpha value is -2.38.